The quantitative estimate of drug-likeness (QED) is 0.736. The zero-order valence-corrected chi connectivity index (χ0v) is 10.3. The van der Waals surface area contributed by atoms with Crippen LogP contribution in [0.15, 0.2) is 18.3 Å². The first-order valence-corrected chi connectivity index (χ1v) is 7.42. The number of hydrogen-bond donors (Lipinski definition) is 0. The van der Waals surface area contributed by atoms with Crippen molar-refractivity contribution in [3.8, 4) is 0 Å². The fourth-order valence-corrected chi connectivity index (χ4v) is 3.95. The molecule has 94 valence electrons. The number of aromatic nitrogens is 3. The fourth-order valence-electron chi connectivity index (χ4n) is 2.21. The summed E-state index contributed by atoms with van der Waals surface area (Å²) in [5, 5.41) is 4.25. The van der Waals surface area contributed by atoms with E-state index in [2.05, 4.69) is 10.1 Å². The second kappa shape index (κ2) is 3.88. The Kier molecular flexibility index (Phi) is 2.44. The van der Waals surface area contributed by atoms with Gasteiger partial charge in [0.15, 0.2) is 27.6 Å². The van der Waals surface area contributed by atoms with Crippen LogP contribution in [0.3, 0.4) is 0 Å². The minimum absolute atomic E-state index is 0.0975. The van der Waals surface area contributed by atoms with Crippen LogP contribution in [-0.4, -0.2) is 40.8 Å². The third-order valence-corrected chi connectivity index (χ3v) is 4.90. The average molecular weight is 265 g/mol. The summed E-state index contributed by atoms with van der Waals surface area (Å²) in [6, 6.07) is 3.37. The van der Waals surface area contributed by atoms with Gasteiger partial charge < -0.3 is 0 Å². The van der Waals surface area contributed by atoms with Crippen LogP contribution in [0.1, 0.15) is 28.5 Å². The summed E-state index contributed by atoms with van der Waals surface area (Å²) in [4.78, 5) is 15.2. The number of carbonyl (C=O) groups excluding carboxylic acids is 1. The number of pyridine rings is 1. The lowest BCUT2D eigenvalue weighted by atomic mass is 10.1. The van der Waals surface area contributed by atoms with Gasteiger partial charge in [-0.2, -0.15) is 5.10 Å². The van der Waals surface area contributed by atoms with E-state index in [1.165, 1.54) is 4.52 Å². The van der Waals surface area contributed by atoms with Gasteiger partial charge in [0.05, 0.1) is 17.1 Å². The van der Waals surface area contributed by atoms with E-state index in [0.717, 1.165) is 6.29 Å². The molecule has 0 amide bonds. The molecule has 0 radical (unpaired) electrons. The number of fused-ring (bicyclic) bond motifs is 1. The van der Waals surface area contributed by atoms with Crippen molar-refractivity contribution in [3.05, 3.63) is 29.7 Å². The van der Waals surface area contributed by atoms with Crippen molar-refractivity contribution < 1.29 is 13.2 Å². The number of hydrogen-bond acceptors (Lipinski definition) is 5. The van der Waals surface area contributed by atoms with Gasteiger partial charge in [-0.15, -0.1) is 0 Å². The molecule has 2 aromatic rings. The fraction of sp³-hybridized carbons (Fsp3) is 0.364. The summed E-state index contributed by atoms with van der Waals surface area (Å²) < 4.78 is 24.4. The highest BCUT2D eigenvalue weighted by molar-refractivity contribution is 7.91. The molecular formula is C11H11N3O3S. The molecule has 0 bridgehead atoms. The molecule has 0 N–H and O–H groups in total. The second-order valence-electron chi connectivity index (χ2n) is 4.42. The van der Waals surface area contributed by atoms with E-state index in [-0.39, 0.29) is 17.4 Å². The van der Waals surface area contributed by atoms with E-state index in [9.17, 15) is 13.2 Å². The van der Waals surface area contributed by atoms with Crippen molar-refractivity contribution in [1.29, 1.82) is 0 Å². The summed E-state index contributed by atoms with van der Waals surface area (Å²) in [7, 11) is -2.96. The molecule has 3 rings (SSSR count). The lowest BCUT2D eigenvalue weighted by molar-refractivity contribution is 0.112. The molecule has 1 saturated heterocycles. The molecule has 18 heavy (non-hydrogen) atoms. The molecule has 0 aromatic carbocycles. The third kappa shape index (κ3) is 1.80. The molecular weight excluding hydrogens is 254 g/mol. The molecule has 0 spiro atoms. The Hall–Kier alpha value is -1.76. The average Bonchev–Trinajstić information content (AvgIpc) is 2.91. The Balaban J connectivity index is 2.07. The van der Waals surface area contributed by atoms with Crippen LogP contribution < -0.4 is 0 Å². The van der Waals surface area contributed by atoms with Crippen LogP contribution in [0.4, 0.5) is 0 Å². The van der Waals surface area contributed by atoms with Crippen LogP contribution >= 0.6 is 0 Å². The van der Waals surface area contributed by atoms with Crippen LogP contribution in [0, 0.1) is 0 Å². The Labute approximate surface area is 104 Å². The number of rotatable bonds is 2. The van der Waals surface area contributed by atoms with Gasteiger partial charge in [-0.1, -0.05) is 0 Å². The molecule has 1 aliphatic rings. The molecule has 2 aromatic heterocycles. The summed E-state index contributed by atoms with van der Waals surface area (Å²) in [5.41, 5.74) is 0.934. The van der Waals surface area contributed by atoms with Crippen molar-refractivity contribution in [3.63, 3.8) is 0 Å². The molecule has 0 aliphatic carbocycles. The van der Waals surface area contributed by atoms with Gasteiger partial charge in [0.25, 0.3) is 0 Å². The molecule has 3 heterocycles. The number of carbonyl (C=O) groups is 1. The normalized spacial score (nSPS) is 22.3. The van der Waals surface area contributed by atoms with E-state index < -0.39 is 9.84 Å². The van der Waals surface area contributed by atoms with Gasteiger partial charge in [-0.05, 0) is 18.6 Å². The summed E-state index contributed by atoms with van der Waals surface area (Å²) in [5.74, 6) is 0.633. The second-order valence-corrected chi connectivity index (χ2v) is 6.65. The molecule has 1 unspecified atom stereocenters. The smallest absolute Gasteiger partial charge is 0.166 e. The minimum atomic E-state index is -2.96. The van der Waals surface area contributed by atoms with Crippen molar-refractivity contribution in [1.82, 2.24) is 14.6 Å². The largest absolute Gasteiger partial charge is 0.298 e. The minimum Gasteiger partial charge on any atom is -0.298 e. The van der Waals surface area contributed by atoms with Crippen LogP contribution in [-0.2, 0) is 9.84 Å². The van der Waals surface area contributed by atoms with E-state index in [1.54, 1.807) is 18.3 Å². The highest BCUT2D eigenvalue weighted by Gasteiger charge is 2.31. The van der Waals surface area contributed by atoms with Gasteiger partial charge >= 0.3 is 0 Å². The van der Waals surface area contributed by atoms with E-state index in [0.29, 0.717) is 23.5 Å². The van der Waals surface area contributed by atoms with E-state index in [4.69, 9.17) is 0 Å². The van der Waals surface area contributed by atoms with E-state index in [1.807, 2.05) is 0 Å². The Morgan fingerprint density at radius 2 is 2.28 bits per heavy atom. The van der Waals surface area contributed by atoms with Crippen molar-refractivity contribution in [2.24, 2.45) is 0 Å². The van der Waals surface area contributed by atoms with Gasteiger partial charge in [0.2, 0.25) is 0 Å². The summed E-state index contributed by atoms with van der Waals surface area (Å²) in [6.45, 7) is 0. The maximum atomic E-state index is 11.4. The SMILES string of the molecule is O=Cc1cccn2nc(C3CCS(=O)(=O)C3)nc12. The van der Waals surface area contributed by atoms with Crippen LogP contribution in [0.5, 0.6) is 0 Å². The van der Waals surface area contributed by atoms with Crippen LogP contribution in [0.2, 0.25) is 0 Å². The molecule has 7 heteroatoms. The van der Waals surface area contributed by atoms with Gasteiger partial charge in [0.1, 0.15) is 0 Å². The monoisotopic (exact) mass is 265 g/mol. The van der Waals surface area contributed by atoms with Crippen LogP contribution in [0.25, 0.3) is 5.65 Å². The Bertz CT molecular complexity index is 720. The first-order chi connectivity index (χ1) is 8.59. The van der Waals surface area contributed by atoms with Crippen molar-refractivity contribution in [2.45, 2.75) is 12.3 Å². The lowest BCUT2D eigenvalue weighted by Gasteiger charge is -1.98. The highest BCUT2D eigenvalue weighted by atomic mass is 32.2. The standard InChI is InChI=1S/C11H11N3O3S/c15-6-8-2-1-4-14-11(8)12-10(13-14)9-3-5-18(16,17)7-9/h1-2,4,6,9H,3,5,7H2. The van der Waals surface area contributed by atoms with Gasteiger partial charge in [0, 0.05) is 12.1 Å². The zero-order chi connectivity index (χ0) is 12.8. The first kappa shape index (κ1) is 11.3. The Morgan fingerprint density at radius 3 is 2.94 bits per heavy atom. The summed E-state index contributed by atoms with van der Waals surface area (Å²) >= 11 is 0. The molecule has 1 atom stereocenters. The van der Waals surface area contributed by atoms with Crippen molar-refractivity contribution in [2.75, 3.05) is 11.5 Å². The predicted octanol–water partition coefficient (Wildman–Crippen LogP) is 0.444. The molecule has 1 fully saturated rings. The molecule has 0 saturated carbocycles. The maximum absolute atomic E-state index is 11.4. The number of nitrogens with zero attached hydrogens (tertiary/aromatic N) is 3. The predicted molar refractivity (Wildman–Crippen MR) is 64.4 cm³/mol. The maximum Gasteiger partial charge on any atom is 0.166 e. The topological polar surface area (TPSA) is 81.4 Å². The Morgan fingerprint density at radius 1 is 1.44 bits per heavy atom. The molecule has 6 nitrogen and oxygen atoms in total. The zero-order valence-electron chi connectivity index (χ0n) is 9.48. The van der Waals surface area contributed by atoms with Crippen molar-refractivity contribution >= 4 is 21.8 Å². The number of sulfone groups is 1. The molecule has 1 aliphatic heterocycles. The highest BCUT2D eigenvalue weighted by Crippen LogP contribution is 2.27. The lowest BCUT2D eigenvalue weighted by Crippen LogP contribution is -2.05. The summed E-state index contributed by atoms with van der Waals surface area (Å²) in [6.07, 6.45) is 2.97. The number of aldehydes is 1. The van der Waals surface area contributed by atoms with E-state index >= 15 is 0 Å². The first-order valence-electron chi connectivity index (χ1n) is 5.60. The van der Waals surface area contributed by atoms with Gasteiger partial charge in [-0.25, -0.2) is 17.9 Å². The third-order valence-electron chi connectivity index (χ3n) is 3.13. The van der Waals surface area contributed by atoms with Gasteiger partial charge in [-0.3, -0.25) is 4.79 Å².